The zero-order chi connectivity index (χ0) is 21.3. The molecule has 1 aromatic heterocycles. The number of primary sulfonamides is 1. The normalized spacial score (nSPS) is 11.5. The van der Waals surface area contributed by atoms with Crippen LogP contribution < -0.4 is 5.14 Å². The van der Waals surface area contributed by atoms with Crippen molar-refractivity contribution in [3.05, 3.63) is 83.9 Å². The van der Waals surface area contributed by atoms with Crippen LogP contribution in [-0.2, 0) is 16.6 Å². The summed E-state index contributed by atoms with van der Waals surface area (Å²) in [6, 6.07) is 21.0. The molecule has 152 valence electrons. The van der Waals surface area contributed by atoms with Crippen LogP contribution >= 0.6 is 0 Å². The molecule has 0 aliphatic rings. The number of rotatable bonds is 5. The van der Waals surface area contributed by atoms with Gasteiger partial charge in [0.2, 0.25) is 10.0 Å². The molecule has 0 fully saturated rings. The molecule has 0 unspecified atom stereocenters. The molecule has 0 saturated heterocycles. The van der Waals surface area contributed by atoms with Crippen LogP contribution in [0, 0.1) is 0 Å². The zero-order valence-electron chi connectivity index (χ0n) is 16.1. The number of sulfonamides is 1. The van der Waals surface area contributed by atoms with E-state index in [0.717, 1.165) is 10.9 Å². The lowest BCUT2D eigenvalue weighted by atomic mass is 10.1. The average Bonchev–Trinajstić information content (AvgIpc) is 3.16. The summed E-state index contributed by atoms with van der Waals surface area (Å²) < 4.78 is 29.1. The molecule has 0 radical (unpaired) electrons. The van der Waals surface area contributed by atoms with Gasteiger partial charge < -0.3 is 9.42 Å². The van der Waals surface area contributed by atoms with Gasteiger partial charge in [-0.05, 0) is 29.8 Å². The zero-order valence-corrected chi connectivity index (χ0v) is 17.0. The maximum atomic E-state index is 13.0. The molecule has 7 nitrogen and oxygen atoms in total. The number of hydrogen-bond acceptors (Lipinski definition) is 5. The summed E-state index contributed by atoms with van der Waals surface area (Å²) in [5.74, 6) is 0.323. The molecule has 0 aliphatic carbocycles. The topological polar surface area (TPSA) is 106 Å². The van der Waals surface area contributed by atoms with Gasteiger partial charge in [0.05, 0.1) is 10.3 Å². The first-order valence-corrected chi connectivity index (χ1v) is 10.7. The largest absolute Gasteiger partial charge is 0.355 e. The van der Waals surface area contributed by atoms with Crippen LogP contribution in [0.15, 0.2) is 82.2 Å². The predicted molar refractivity (Wildman–Crippen MR) is 113 cm³/mol. The predicted octanol–water partition coefficient (Wildman–Crippen LogP) is 3.41. The van der Waals surface area contributed by atoms with Gasteiger partial charge in [-0.1, -0.05) is 53.7 Å². The van der Waals surface area contributed by atoms with Crippen molar-refractivity contribution in [3.63, 3.8) is 0 Å². The summed E-state index contributed by atoms with van der Waals surface area (Å²) in [7, 11) is -2.28. The fourth-order valence-electron chi connectivity index (χ4n) is 3.33. The Kier molecular flexibility index (Phi) is 5.11. The summed E-state index contributed by atoms with van der Waals surface area (Å²) in [5.41, 5.74) is 2.40. The van der Waals surface area contributed by atoms with Gasteiger partial charge >= 0.3 is 0 Å². The van der Waals surface area contributed by atoms with Gasteiger partial charge in [0.1, 0.15) is 5.52 Å². The van der Waals surface area contributed by atoms with E-state index >= 15 is 0 Å². The Labute approximate surface area is 173 Å². The maximum Gasteiger partial charge on any atom is 0.253 e. The number of fused-ring (bicyclic) bond motifs is 1. The second-order valence-corrected chi connectivity index (χ2v) is 8.45. The molecule has 4 rings (SSSR count). The molecule has 4 aromatic rings. The van der Waals surface area contributed by atoms with Gasteiger partial charge in [-0.25, -0.2) is 13.6 Å². The number of benzene rings is 3. The van der Waals surface area contributed by atoms with E-state index in [4.69, 9.17) is 9.66 Å². The van der Waals surface area contributed by atoms with Crippen LogP contribution in [0.4, 0.5) is 0 Å². The van der Waals surface area contributed by atoms with Crippen LogP contribution in [-0.4, -0.2) is 31.4 Å². The van der Waals surface area contributed by atoms with Crippen LogP contribution in [0.3, 0.4) is 0 Å². The molecule has 1 heterocycles. The summed E-state index contributed by atoms with van der Waals surface area (Å²) in [6.45, 7) is 0.0959. The minimum absolute atomic E-state index is 0.00509. The van der Waals surface area contributed by atoms with Crippen LogP contribution in [0.1, 0.15) is 15.9 Å². The summed E-state index contributed by atoms with van der Waals surface area (Å²) in [5, 5.41) is 10.1. The third kappa shape index (κ3) is 3.83. The molecular formula is C22H19N3O4S. The standard InChI is InChI=1S/C22H19N3O4S/c1-25(14-17-9-5-6-10-20(17)30(23,27)28)22(26)16-11-12-19-18(13-16)21(29-24-19)15-7-3-2-4-8-15/h2-13H,14H2,1H3,(H2,23,27,28). The van der Waals surface area contributed by atoms with Crippen molar-refractivity contribution in [1.82, 2.24) is 10.1 Å². The summed E-state index contributed by atoms with van der Waals surface area (Å²) >= 11 is 0. The molecule has 0 saturated carbocycles. The molecular weight excluding hydrogens is 402 g/mol. The SMILES string of the molecule is CN(Cc1ccccc1S(N)(=O)=O)C(=O)c1ccc2noc(-c3ccccc3)c2c1. The molecule has 0 spiro atoms. The Bertz CT molecular complexity index is 1330. The third-order valence-corrected chi connectivity index (χ3v) is 5.80. The number of nitrogens with two attached hydrogens (primary N) is 1. The highest BCUT2D eigenvalue weighted by Crippen LogP contribution is 2.29. The minimum Gasteiger partial charge on any atom is -0.355 e. The van der Waals surface area contributed by atoms with Gasteiger partial charge in [0, 0.05) is 24.7 Å². The van der Waals surface area contributed by atoms with Crippen LogP contribution in [0.5, 0.6) is 0 Å². The van der Waals surface area contributed by atoms with Crippen molar-refractivity contribution in [2.75, 3.05) is 7.05 Å². The third-order valence-electron chi connectivity index (χ3n) is 4.79. The van der Waals surface area contributed by atoms with E-state index in [1.807, 2.05) is 30.3 Å². The second kappa shape index (κ2) is 7.74. The molecule has 8 heteroatoms. The van der Waals surface area contributed by atoms with E-state index < -0.39 is 10.0 Å². The molecule has 2 N–H and O–H groups in total. The van der Waals surface area contributed by atoms with Gasteiger partial charge in [0.25, 0.3) is 5.91 Å². The first-order valence-electron chi connectivity index (χ1n) is 9.15. The van der Waals surface area contributed by atoms with Crippen molar-refractivity contribution in [3.8, 4) is 11.3 Å². The number of carbonyl (C=O) groups is 1. The van der Waals surface area contributed by atoms with E-state index in [-0.39, 0.29) is 17.3 Å². The molecule has 0 atom stereocenters. The highest BCUT2D eigenvalue weighted by Gasteiger charge is 2.19. The lowest BCUT2D eigenvalue weighted by Gasteiger charge is -2.19. The van der Waals surface area contributed by atoms with Gasteiger partial charge in [-0.3, -0.25) is 4.79 Å². The minimum atomic E-state index is -3.89. The molecule has 1 amide bonds. The molecule has 0 bridgehead atoms. The fraction of sp³-hybridized carbons (Fsp3) is 0.0909. The maximum absolute atomic E-state index is 13.0. The Hall–Kier alpha value is -3.49. The van der Waals surface area contributed by atoms with Crippen LogP contribution in [0.25, 0.3) is 22.2 Å². The Morgan fingerprint density at radius 3 is 2.47 bits per heavy atom. The number of amides is 1. The number of hydrogen-bond donors (Lipinski definition) is 1. The van der Waals surface area contributed by atoms with Gasteiger partial charge in [-0.15, -0.1) is 0 Å². The van der Waals surface area contributed by atoms with Gasteiger partial charge in [-0.2, -0.15) is 0 Å². The Balaban J connectivity index is 1.65. The van der Waals surface area contributed by atoms with Crippen molar-refractivity contribution in [2.24, 2.45) is 5.14 Å². The highest BCUT2D eigenvalue weighted by atomic mass is 32.2. The summed E-state index contributed by atoms with van der Waals surface area (Å²) in [6.07, 6.45) is 0. The lowest BCUT2D eigenvalue weighted by molar-refractivity contribution is 0.0784. The van der Waals surface area contributed by atoms with E-state index in [1.165, 1.54) is 11.0 Å². The Morgan fingerprint density at radius 1 is 1.03 bits per heavy atom. The van der Waals surface area contributed by atoms with E-state index in [2.05, 4.69) is 5.16 Å². The monoisotopic (exact) mass is 421 g/mol. The van der Waals surface area contributed by atoms with Crippen LogP contribution in [0.2, 0.25) is 0 Å². The molecule has 30 heavy (non-hydrogen) atoms. The van der Waals surface area contributed by atoms with E-state index in [1.54, 1.807) is 43.4 Å². The first kappa shape index (κ1) is 19.8. The molecule has 3 aromatic carbocycles. The number of carbonyl (C=O) groups excluding carboxylic acids is 1. The highest BCUT2D eigenvalue weighted by molar-refractivity contribution is 7.89. The van der Waals surface area contributed by atoms with Gasteiger partial charge in [0.15, 0.2) is 5.76 Å². The quantitative estimate of drug-likeness (QED) is 0.531. The number of nitrogens with zero attached hydrogens (tertiary/aromatic N) is 2. The summed E-state index contributed by atoms with van der Waals surface area (Å²) in [4.78, 5) is 14.5. The van der Waals surface area contributed by atoms with Crippen molar-refractivity contribution >= 4 is 26.8 Å². The second-order valence-electron chi connectivity index (χ2n) is 6.92. The van der Waals surface area contributed by atoms with Crippen molar-refractivity contribution in [2.45, 2.75) is 11.4 Å². The van der Waals surface area contributed by atoms with E-state index in [9.17, 15) is 13.2 Å². The lowest BCUT2D eigenvalue weighted by Crippen LogP contribution is -2.27. The Morgan fingerprint density at radius 2 is 1.73 bits per heavy atom. The van der Waals surface area contributed by atoms with Crippen molar-refractivity contribution < 1.29 is 17.7 Å². The van der Waals surface area contributed by atoms with Crippen molar-refractivity contribution in [1.29, 1.82) is 0 Å². The van der Waals surface area contributed by atoms with E-state index in [0.29, 0.717) is 22.4 Å². The number of aromatic nitrogens is 1. The smallest absolute Gasteiger partial charge is 0.253 e. The average molecular weight is 421 g/mol. The fourth-order valence-corrected chi connectivity index (χ4v) is 4.10. The molecule has 0 aliphatic heterocycles. The first-order chi connectivity index (χ1) is 14.3.